The van der Waals surface area contributed by atoms with E-state index in [0.29, 0.717) is 0 Å². The molecule has 0 saturated heterocycles. The summed E-state index contributed by atoms with van der Waals surface area (Å²) in [5.41, 5.74) is 5.19. The Balaban J connectivity index is 2.36. The minimum absolute atomic E-state index is 0.835. The summed E-state index contributed by atoms with van der Waals surface area (Å²) in [6.45, 7) is 4.42. The fourth-order valence-corrected chi connectivity index (χ4v) is 3.03. The Morgan fingerprint density at radius 3 is 1.48 bits per heavy atom. The van der Waals surface area contributed by atoms with E-state index >= 15 is 0 Å². The molecule has 0 fully saturated rings. The fourth-order valence-electron chi connectivity index (χ4n) is 3.03. The van der Waals surface area contributed by atoms with Crippen molar-refractivity contribution >= 4 is 0 Å². The van der Waals surface area contributed by atoms with Crippen molar-refractivity contribution in [1.82, 2.24) is 0 Å². The molecule has 0 heterocycles. The van der Waals surface area contributed by atoms with Crippen LogP contribution in [0.25, 0.3) is 0 Å². The third kappa shape index (κ3) is 4.51. The Morgan fingerprint density at radius 2 is 1.13 bits per heavy atom. The summed E-state index contributed by atoms with van der Waals surface area (Å²) in [4.78, 5) is 0. The standard InChI is InChI=1S/C21H28O2/c1-5-7-16-9-11-20(22-3)18(13-16)15-19-14-17(8-6-2)10-12-21(19)23-4/h9-14H,5-8,15H2,1-4H3. The quantitative estimate of drug-likeness (QED) is 0.667. The van der Waals surface area contributed by atoms with Crippen LogP contribution in [0, 0.1) is 0 Å². The molecule has 2 rings (SSSR count). The Labute approximate surface area is 140 Å². The highest BCUT2D eigenvalue weighted by molar-refractivity contribution is 5.45. The molecule has 0 aliphatic rings. The van der Waals surface area contributed by atoms with E-state index < -0.39 is 0 Å². The van der Waals surface area contributed by atoms with Gasteiger partial charge >= 0.3 is 0 Å². The average molecular weight is 312 g/mol. The van der Waals surface area contributed by atoms with Crippen LogP contribution in [0.4, 0.5) is 0 Å². The minimum atomic E-state index is 0.835. The molecular formula is C21H28O2. The molecule has 0 aliphatic carbocycles. The summed E-state index contributed by atoms with van der Waals surface area (Å²) in [7, 11) is 3.48. The molecule has 0 bridgehead atoms. The molecule has 0 unspecified atom stereocenters. The Kier molecular flexibility index (Phi) is 6.52. The van der Waals surface area contributed by atoms with Gasteiger partial charge in [-0.15, -0.1) is 0 Å². The second-order valence-electron chi connectivity index (χ2n) is 5.97. The molecule has 0 amide bonds. The molecular weight excluding hydrogens is 284 g/mol. The molecule has 0 N–H and O–H groups in total. The first-order valence-electron chi connectivity index (χ1n) is 8.53. The third-order valence-corrected chi connectivity index (χ3v) is 4.15. The number of hydrogen-bond acceptors (Lipinski definition) is 2. The fraction of sp³-hybridized carbons (Fsp3) is 0.429. The van der Waals surface area contributed by atoms with Crippen LogP contribution in [0.15, 0.2) is 36.4 Å². The van der Waals surface area contributed by atoms with Gasteiger partial charge in [0.05, 0.1) is 14.2 Å². The van der Waals surface area contributed by atoms with E-state index in [1.54, 1.807) is 14.2 Å². The molecule has 2 aromatic carbocycles. The molecule has 0 spiro atoms. The first kappa shape index (κ1) is 17.4. The maximum atomic E-state index is 5.56. The van der Waals surface area contributed by atoms with Crippen molar-refractivity contribution in [3.8, 4) is 11.5 Å². The lowest BCUT2D eigenvalue weighted by Crippen LogP contribution is -1.99. The predicted molar refractivity (Wildman–Crippen MR) is 96.8 cm³/mol. The van der Waals surface area contributed by atoms with Crippen molar-refractivity contribution < 1.29 is 9.47 Å². The lowest BCUT2D eigenvalue weighted by atomic mass is 9.97. The van der Waals surface area contributed by atoms with Gasteiger partial charge in [-0.05, 0) is 47.2 Å². The summed E-state index contributed by atoms with van der Waals surface area (Å²) < 4.78 is 11.1. The van der Waals surface area contributed by atoms with Gasteiger partial charge < -0.3 is 9.47 Å². The molecule has 23 heavy (non-hydrogen) atoms. The van der Waals surface area contributed by atoms with Crippen LogP contribution in [-0.4, -0.2) is 14.2 Å². The smallest absolute Gasteiger partial charge is 0.122 e. The largest absolute Gasteiger partial charge is 0.496 e. The monoisotopic (exact) mass is 312 g/mol. The normalized spacial score (nSPS) is 10.6. The molecule has 0 radical (unpaired) electrons. The molecule has 0 atom stereocenters. The Hall–Kier alpha value is -1.96. The SMILES string of the molecule is CCCc1ccc(OC)c(Cc2cc(CCC)ccc2OC)c1. The van der Waals surface area contributed by atoms with E-state index in [4.69, 9.17) is 9.47 Å². The molecule has 2 heteroatoms. The van der Waals surface area contributed by atoms with E-state index in [1.165, 1.54) is 22.3 Å². The maximum absolute atomic E-state index is 5.56. The first-order chi connectivity index (χ1) is 11.2. The van der Waals surface area contributed by atoms with Crippen LogP contribution >= 0.6 is 0 Å². The van der Waals surface area contributed by atoms with Gasteiger partial charge in [0.1, 0.15) is 11.5 Å². The summed E-state index contributed by atoms with van der Waals surface area (Å²) in [5.74, 6) is 1.90. The van der Waals surface area contributed by atoms with Crippen LogP contribution < -0.4 is 9.47 Å². The lowest BCUT2D eigenvalue weighted by molar-refractivity contribution is 0.405. The number of ether oxygens (including phenoxy) is 2. The van der Waals surface area contributed by atoms with E-state index in [-0.39, 0.29) is 0 Å². The van der Waals surface area contributed by atoms with Crippen LogP contribution in [0.2, 0.25) is 0 Å². The molecule has 0 aromatic heterocycles. The number of benzene rings is 2. The van der Waals surface area contributed by atoms with E-state index in [1.807, 2.05) is 0 Å². The number of aryl methyl sites for hydroxylation is 2. The molecule has 2 aromatic rings. The Morgan fingerprint density at radius 1 is 0.696 bits per heavy atom. The zero-order chi connectivity index (χ0) is 16.7. The number of hydrogen-bond donors (Lipinski definition) is 0. The highest BCUT2D eigenvalue weighted by Gasteiger charge is 2.10. The molecule has 0 aliphatic heterocycles. The topological polar surface area (TPSA) is 18.5 Å². The molecule has 124 valence electrons. The molecule has 0 saturated carbocycles. The zero-order valence-corrected chi connectivity index (χ0v) is 14.8. The molecule has 2 nitrogen and oxygen atoms in total. The van der Waals surface area contributed by atoms with Gasteiger partial charge in [0, 0.05) is 6.42 Å². The van der Waals surface area contributed by atoms with Gasteiger partial charge in [-0.25, -0.2) is 0 Å². The van der Waals surface area contributed by atoms with Crippen molar-refractivity contribution in [3.63, 3.8) is 0 Å². The number of rotatable bonds is 8. The van der Waals surface area contributed by atoms with Crippen molar-refractivity contribution in [1.29, 1.82) is 0 Å². The summed E-state index contributed by atoms with van der Waals surface area (Å²) in [6.07, 6.45) is 5.34. The van der Waals surface area contributed by atoms with Crippen molar-refractivity contribution in [3.05, 3.63) is 58.7 Å². The first-order valence-corrected chi connectivity index (χ1v) is 8.53. The van der Waals surface area contributed by atoms with Gasteiger partial charge in [0.25, 0.3) is 0 Å². The van der Waals surface area contributed by atoms with Gasteiger partial charge in [0.15, 0.2) is 0 Å². The van der Waals surface area contributed by atoms with Crippen molar-refractivity contribution in [2.24, 2.45) is 0 Å². The number of methoxy groups -OCH3 is 2. The summed E-state index contributed by atoms with van der Waals surface area (Å²) in [6, 6.07) is 13.0. The van der Waals surface area contributed by atoms with E-state index in [9.17, 15) is 0 Å². The van der Waals surface area contributed by atoms with E-state index in [2.05, 4.69) is 50.2 Å². The predicted octanol–water partition coefficient (Wildman–Crippen LogP) is 5.20. The second-order valence-corrected chi connectivity index (χ2v) is 5.97. The maximum Gasteiger partial charge on any atom is 0.122 e. The lowest BCUT2D eigenvalue weighted by Gasteiger charge is -2.14. The van der Waals surface area contributed by atoms with Crippen molar-refractivity contribution in [2.75, 3.05) is 14.2 Å². The summed E-state index contributed by atoms with van der Waals surface area (Å²) >= 11 is 0. The highest BCUT2D eigenvalue weighted by Crippen LogP contribution is 2.28. The highest BCUT2D eigenvalue weighted by atomic mass is 16.5. The average Bonchev–Trinajstić information content (AvgIpc) is 2.56. The van der Waals surface area contributed by atoms with Gasteiger partial charge in [-0.2, -0.15) is 0 Å². The van der Waals surface area contributed by atoms with Crippen LogP contribution in [-0.2, 0) is 19.3 Å². The zero-order valence-electron chi connectivity index (χ0n) is 14.8. The van der Waals surface area contributed by atoms with Crippen molar-refractivity contribution in [2.45, 2.75) is 46.0 Å². The summed E-state index contributed by atoms with van der Waals surface area (Å²) in [5, 5.41) is 0. The van der Waals surface area contributed by atoms with Gasteiger partial charge in [-0.3, -0.25) is 0 Å². The third-order valence-electron chi connectivity index (χ3n) is 4.15. The van der Waals surface area contributed by atoms with Crippen LogP contribution in [0.5, 0.6) is 11.5 Å². The minimum Gasteiger partial charge on any atom is -0.496 e. The second kappa shape index (κ2) is 8.61. The van der Waals surface area contributed by atoms with Crippen LogP contribution in [0.1, 0.15) is 48.9 Å². The Bertz CT molecular complexity index is 576. The van der Waals surface area contributed by atoms with Crippen LogP contribution in [0.3, 0.4) is 0 Å². The van der Waals surface area contributed by atoms with E-state index in [0.717, 1.165) is 43.6 Å². The van der Waals surface area contributed by atoms with Gasteiger partial charge in [0.2, 0.25) is 0 Å². The van der Waals surface area contributed by atoms with Gasteiger partial charge in [-0.1, -0.05) is 51.0 Å².